The Kier molecular flexibility index (Phi) is 4.51. The molecule has 6 nitrogen and oxygen atoms in total. The van der Waals surface area contributed by atoms with Crippen LogP contribution in [0.3, 0.4) is 0 Å². The maximum absolute atomic E-state index is 14.0. The van der Waals surface area contributed by atoms with Crippen molar-refractivity contribution < 1.29 is 4.39 Å². The number of aryl methyl sites for hydroxylation is 1. The minimum atomic E-state index is -0.398. The number of hydrogen-bond acceptors (Lipinski definition) is 4. The van der Waals surface area contributed by atoms with Gasteiger partial charge in [0.05, 0.1) is 22.5 Å². The molecule has 5 rings (SSSR count). The molecule has 0 bridgehead atoms. The van der Waals surface area contributed by atoms with Crippen LogP contribution < -0.4 is 10.9 Å². The Bertz CT molecular complexity index is 1490. The Balaban J connectivity index is 1.72. The second-order valence-electron chi connectivity index (χ2n) is 7.56. The highest BCUT2D eigenvalue weighted by Crippen LogP contribution is 2.27. The number of aromatic amines is 1. The zero-order chi connectivity index (χ0) is 21.5. The number of anilines is 1. The lowest BCUT2D eigenvalue weighted by molar-refractivity contribution is 0.625. The van der Waals surface area contributed by atoms with Crippen LogP contribution in [0.15, 0.2) is 71.9 Å². The molecule has 0 saturated carbocycles. The van der Waals surface area contributed by atoms with Crippen molar-refractivity contribution in [2.45, 2.75) is 19.9 Å². The molecule has 154 valence electrons. The molecule has 2 N–H and O–H groups in total. The normalized spacial score (nSPS) is 12.4. The lowest BCUT2D eigenvalue weighted by Gasteiger charge is -2.22. The molecule has 2 aromatic carbocycles. The minimum Gasteiger partial charge on any atom is -0.361 e. The van der Waals surface area contributed by atoms with Gasteiger partial charge in [0.2, 0.25) is 0 Å². The van der Waals surface area contributed by atoms with Gasteiger partial charge in [-0.05, 0) is 55.1 Å². The van der Waals surface area contributed by atoms with E-state index in [4.69, 9.17) is 0 Å². The molecule has 0 aliphatic heterocycles. The Labute approximate surface area is 177 Å². The van der Waals surface area contributed by atoms with E-state index in [0.717, 1.165) is 22.0 Å². The predicted octanol–water partition coefficient (Wildman–Crippen LogP) is 4.88. The molecule has 7 heteroatoms. The standard InChI is InChI=1S/C24H20FN5O/c1-14-5-3-6-16-11-20(15(2)29-23-19-9-10-26-22(19)27-13-28-23)30(24(31)21(14)16)18-8-4-7-17(25)12-18/h3-13,15H,1-2H3,(H2,26,27,28,29)/t15-/m0/s1. The number of nitrogens with one attached hydrogen (secondary N) is 2. The smallest absolute Gasteiger partial charge is 0.263 e. The van der Waals surface area contributed by atoms with Gasteiger partial charge in [0.25, 0.3) is 5.56 Å². The summed E-state index contributed by atoms with van der Waals surface area (Å²) < 4.78 is 15.6. The van der Waals surface area contributed by atoms with Gasteiger partial charge in [-0.1, -0.05) is 24.3 Å². The highest BCUT2D eigenvalue weighted by molar-refractivity contribution is 5.87. The molecule has 1 atom stereocenters. The van der Waals surface area contributed by atoms with E-state index < -0.39 is 5.82 Å². The summed E-state index contributed by atoms with van der Waals surface area (Å²) in [5.74, 6) is 0.256. The first-order chi connectivity index (χ1) is 15.0. The molecule has 0 aliphatic rings. The van der Waals surface area contributed by atoms with Crippen molar-refractivity contribution in [3.8, 4) is 5.69 Å². The van der Waals surface area contributed by atoms with Crippen molar-refractivity contribution in [1.29, 1.82) is 0 Å². The summed E-state index contributed by atoms with van der Waals surface area (Å²) in [5.41, 5.74) is 2.61. The number of benzene rings is 2. The number of aromatic nitrogens is 4. The molecule has 31 heavy (non-hydrogen) atoms. The maximum atomic E-state index is 14.0. The molecule has 0 unspecified atom stereocenters. The zero-order valence-corrected chi connectivity index (χ0v) is 17.1. The number of rotatable bonds is 4. The van der Waals surface area contributed by atoms with Crippen LogP contribution in [0.25, 0.3) is 27.5 Å². The Morgan fingerprint density at radius 3 is 2.77 bits per heavy atom. The molecular formula is C24H20FN5O. The van der Waals surface area contributed by atoms with E-state index in [0.29, 0.717) is 22.6 Å². The van der Waals surface area contributed by atoms with Crippen LogP contribution in [0.1, 0.15) is 24.2 Å². The van der Waals surface area contributed by atoms with Gasteiger partial charge in [0.1, 0.15) is 23.6 Å². The van der Waals surface area contributed by atoms with Gasteiger partial charge in [0.15, 0.2) is 0 Å². The number of halogens is 1. The molecule has 3 heterocycles. The van der Waals surface area contributed by atoms with Crippen LogP contribution in [0.4, 0.5) is 10.2 Å². The van der Waals surface area contributed by atoms with Gasteiger partial charge in [-0.15, -0.1) is 0 Å². The van der Waals surface area contributed by atoms with Gasteiger partial charge in [0, 0.05) is 11.9 Å². The van der Waals surface area contributed by atoms with Gasteiger partial charge in [-0.25, -0.2) is 14.4 Å². The Hall–Kier alpha value is -4.00. The predicted molar refractivity (Wildman–Crippen MR) is 120 cm³/mol. The topological polar surface area (TPSA) is 75.6 Å². The average molecular weight is 413 g/mol. The summed E-state index contributed by atoms with van der Waals surface area (Å²) in [7, 11) is 0. The van der Waals surface area contributed by atoms with Crippen LogP contribution in [0, 0.1) is 12.7 Å². The SMILES string of the molecule is Cc1cccc2cc([C@H](C)Nc3ncnc4[nH]ccc34)n(-c3cccc(F)c3)c(=O)c12. The number of H-pyrrole nitrogens is 1. The molecule has 0 spiro atoms. The van der Waals surface area contributed by atoms with E-state index in [1.54, 1.807) is 22.9 Å². The third-order valence-electron chi connectivity index (χ3n) is 5.50. The Morgan fingerprint density at radius 2 is 1.94 bits per heavy atom. The van der Waals surface area contributed by atoms with Crippen molar-refractivity contribution in [3.63, 3.8) is 0 Å². The quantitative estimate of drug-likeness (QED) is 0.440. The average Bonchev–Trinajstić information content (AvgIpc) is 3.23. The second kappa shape index (κ2) is 7.36. The second-order valence-corrected chi connectivity index (χ2v) is 7.56. The van der Waals surface area contributed by atoms with Crippen LogP contribution in [-0.2, 0) is 0 Å². The monoisotopic (exact) mass is 413 g/mol. The van der Waals surface area contributed by atoms with Crippen LogP contribution in [0.5, 0.6) is 0 Å². The summed E-state index contributed by atoms with van der Waals surface area (Å²) >= 11 is 0. The molecule has 0 saturated heterocycles. The number of hydrogen-bond donors (Lipinski definition) is 2. The first kappa shape index (κ1) is 19.0. The molecule has 0 fully saturated rings. The summed E-state index contributed by atoms with van der Waals surface area (Å²) in [6.45, 7) is 3.86. The summed E-state index contributed by atoms with van der Waals surface area (Å²) in [4.78, 5) is 25.2. The Morgan fingerprint density at radius 1 is 1.10 bits per heavy atom. The van der Waals surface area contributed by atoms with Crippen LogP contribution in [-0.4, -0.2) is 19.5 Å². The largest absolute Gasteiger partial charge is 0.361 e. The van der Waals surface area contributed by atoms with Gasteiger partial charge >= 0.3 is 0 Å². The van der Waals surface area contributed by atoms with Gasteiger partial charge < -0.3 is 10.3 Å². The van der Waals surface area contributed by atoms with E-state index in [1.807, 2.05) is 44.2 Å². The molecule has 3 aromatic heterocycles. The van der Waals surface area contributed by atoms with Crippen molar-refractivity contribution in [2.75, 3.05) is 5.32 Å². The number of nitrogens with zero attached hydrogens (tertiary/aromatic N) is 3. The summed E-state index contributed by atoms with van der Waals surface area (Å²) in [6, 6.07) is 15.4. The van der Waals surface area contributed by atoms with E-state index in [2.05, 4.69) is 20.3 Å². The molecular weight excluding hydrogens is 393 g/mol. The van der Waals surface area contributed by atoms with E-state index in [9.17, 15) is 9.18 Å². The lowest BCUT2D eigenvalue weighted by Crippen LogP contribution is -2.26. The van der Waals surface area contributed by atoms with Crippen molar-refractivity contribution in [2.24, 2.45) is 0 Å². The van der Waals surface area contributed by atoms with Gasteiger partial charge in [-0.2, -0.15) is 0 Å². The highest BCUT2D eigenvalue weighted by atomic mass is 19.1. The highest BCUT2D eigenvalue weighted by Gasteiger charge is 2.19. The maximum Gasteiger partial charge on any atom is 0.263 e. The van der Waals surface area contributed by atoms with Crippen molar-refractivity contribution in [3.05, 3.63) is 94.5 Å². The fourth-order valence-electron chi connectivity index (χ4n) is 4.02. The van der Waals surface area contributed by atoms with E-state index in [-0.39, 0.29) is 11.6 Å². The number of pyridine rings is 1. The molecule has 0 aliphatic carbocycles. The van der Waals surface area contributed by atoms with Crippen LogP contribution >= 0.6 is 0 Å². The lowest BCUT2D eigenvalue weighted by atomic mass is 10.0. The fraction of sp³-hybridized carbons (Fsp3) is 0.125. The molecule has 5 aromatic rings. The zero-order valence-electron chi connectivity index (χ0n) is 17.1. The summed E-state index contributed by atoms with van der Waals surface area (Å²) in [5, 5.41) is 5.71. The third-order valence-corrected chi connectivity index (χ3v) is 5.50. The summed E-state index contributed by atoms with van der Waals surface area (Å²) in [6.07, 6.45) is 3.29. The van der Waals surface area contributed by atoms with Crippen molar-refractivity contribution in [1.82, 2.24) is 19.5 Å². The molecule has 0 amide bonds. The third kappa shape index (κ3) is 3.24. The van der Waals surface area contributed by atoms with E-state index >= 15 is 0 Å². The van der Waals surface area contributed by atoms with Crippen LogP contribution in [0.2, 0.25) is 0 Å². The van der Waals surface area contributed by atoms with Gasteiger partial charge in [-0.3, -0.25) is 9.36 Å². The number of fused-ring (bicyclic) bond motifs is 2. The van der Waals surface area contributed by atoms with Crippen molar-refractivity contribution >= 4 is 27.6 Å². The fourth-order valence-corrected chi connectivity index (χ4v) is 4.02. The minimum absolute atomic E-state index is 0.181. The van der Waals surface area contributed by atoms with E-state index in [1.165, 1.54) is 18.5 Å². The molecule has 0 radical (unpaired) electrons. The first-order valence-corrected chi connectivity index (χ1v) is 9.99. The first-order valence-electron chi connectivity index (χ1n) is 9.99.